The van der Waals surface area contributed by atoms with Gasteiger partial charge in [0.1, 0.15) is 0 Å². The fourth-order valence-corrected chi connectivity index (χ4v) is 3.20. The fourth-order valence-electron chi connectivity index (χ4n) is 3.20. The van der Waals surface area contributed by atoms with Crippen molar-refractivity contribution in [2.45, 2.75) is 44.6 Å². The van der Waals surface area contributed by atoms with Crippen LogP contribution in [0.2, 0.25) is 0 Å². The maximum atomic E-state index is 6.54. The van der Waals surface area contributed by atoms with Gasteiger partial charge in [-0.3, -0.25) is 4.98 Å². The molecule has 1 aliphatic carbocycles. The second kappa shape index (κ2) is 5.76. The number of aromatic nitrogens is 1. The van der Waals surface area contributed by atoms with Crippen LogP contribution in [0.5, 0.6) is 0 Å². The van der Waals surface area contributed by atoms with Gasteiger partial charge in [-0.2, -0.15) is 0 Å². The second-order valence-corrected chi connectivity index (χ2v) is 5.67. The van der Waals surface area contributed by atoms with E-state index in [0.717, 1.165) is 19.3 Å². The van der Waals surface area contributed by atoms with Crippen LogP contribution in [0.15, 0.2) is 42.6 Å². The minimum absolute atomic E-state index is 0.0508. The van der Waals surface area contributed by atoms with Gasteiger partial charge < -0.3 is 5.73 Å². The molecule has 3 rings (SSSR count). The Morgan fingerprint density at radius 3 is 2.80 bits per heavy atom. The van der Waals surface area contributed by atoms with E-state index in [4.69, 9.17) is 5.73 Å². The summed E-state index contributed by atoms with van der Waals surface area (Å²) in [7, 11) is 0. The van der Waals surface area contributed by atoms with Crippen LogP contribution < -0.4 is 5.73 Å². The van der Waals surface area contributed by atoms with Crippen molar-refractivity contribution in [2.75, 3.05) is 0 Å². The van der Waals surface area contributed by atoms with Gasteiger partial charge in [0.2, 0.25) is 0 Å². The number of benzene rings is 1. The molecule has 2 atom stereocenters. The van der Waals surface area contributed by atoms with Gasteiger partial charge in [-0.1, -0.05) is 37.3 Å². The molecule has 0 aliphatic heterocycles. The number of pyridine rings is 1. The second-order valence-electron chi connectivity index (χ2n) is 5.67. The summed E-state index contributed by atoms with van der Waals surface area (Å²) in [5.74, 6) is 0.354. The molecule has 0 fully saturated rings. The van der Waals surface area contributed by atoms with Crippen LogP contribution in [-0.2, 0) is 12.8 Å². The Labute approximate surface area is 121 Å². The Morgan fingerprint density at radius 1 is 1.25 bits per heavy atom. The number of aryl methyl sites for hydroxylation is 2. The highest BCUT2D eigenvalue weighted by Gasteiger charge is 2.27. The predicted octanol–water partition coefficient (Wildman–Crippen LogP) is 3.76. The van der Waals surface area contributed by atoms with Crippen LogP contribution >= 0.6 is 0 Å². The molecule has 2 unspecified atom stereocenters. The molecule has 0 saturated heterocycles. The smallest absolute Gasteiger partial charge is 0.0485 e. The monoisotopic (exact) mass is 266 g/mol. The third-order valence-electron chi connectivity index (χ3n) is 4.44. The Morgan fingerprint density at radius 2 is 2.05 bits per heavy atom. The summed E-state index contributed by atoms with van der Waals surface area (Å²) in [6, 6.07) is 13.0. The first-order valence-electron chi connectivity index (χ1n) is 7.57. The van der Waals surface area contributed by atoms with Gasteiger partial charge in [-0.15, -0.1) is 0 Å². The molecule has 2 aromatic rings. The fraction of sp³-hybridized carbons (Fsp3) is 0.389. The van der Waals surface area contributed by atoms with E-state index < -0.39 is 0 Å². The van der Waals surface area contributed by atoms with Gasteiger partial charge in [0.15, 0.2) is 0 Å². The summed E-state index contributed by atoms with van der Waals surface area (Å²) in [4.78, 5) is 4.60. The molecule has 0 radical (unpaired) electrons. The van der Waals surface area contributed by atoms with E-state index in [0.29, 0.717) is 5.92 Å². The normalized spacial score (nSPS) is 19.4. The Bertz CT molecular complexity index is 574. The van der Waals surface area contributed by atoms with E-state index in [9.17, 15) is 0 Å². The largest absolute Gasteiger partial charge is 0.323 e. The van der Waals surface area contributed by atoms with Gasteiger partial charge in [-0.25, -0.2) is 0 Å². The number of hydrogen-bond donors (Lipinski definition) is 1. The average molecular weight is 266 g/mol. The molecular formula is C18H22N2. The van der Waals surface area contributed by atoms with Crippen molar-refractivity contribution >= 4 is 0 Å². The maximum absolute atomic E-state index is 6.54. The topological polar surface area (TPSA) is 38.9 Å². The van der Waals surface area contributed by atoms with Crippen molar-refractivity contribution in [2.24, 2.45) is 5.73 Å². The van der Waals surface area contributed by atoms with Gasteiger partial charge >= 0.3 is 0 Å². The number of fused-ring (bicyclic) bond motifs is 1. The van der Waals surface area contributed by atoms with Crippen LogP contribution in [0, 0.1) is 0 Å². The highest BCUT2D eigenvalue weighted by atomic mass is 14.7. The van der Waals surface area contributed by atoms with Crippen LogP contribution in [-0.4, -0.2) is 4.98 Å². The molecule has 0 spiro atoms. The standard InChI is InChI=1S/C18H22N2/c1-2-13-8-10-14(11-9-13)17(19)16-7-3-5-15-6-4-12-20-18(15)16/h4,6,8-12,16-17H,2-3,5,7,19H2,1H3. The molecule has 1 aliphatic rings. The number of nitrogens with two attached hydrogens (primary N) is 1. The minimum atomic E-state index is 0.0508. The number of nitrogens with zero attached hydrogens (tertiary/aromatic N) is 1. The zero-order chi connectivity index (χ0) is 13.9. The Kier molecular flexibility index (Phi) is 3.83. The first-order valence-corrected chi connectivity index (χ1v) is 7.57. The van der Waals surface area contributed by atoms with E-state index in [1.807, 2.05) is 12.3 Å². The van der Waals surface area contributed by atoms with Crippen LogP contribution in [0.4, 0.5) is 0 Å². The van der Waals surface area contributed by atoms with E-state index in [2.05, 4.69) is 42.2 Å². The van der Waals surface area contributed by atoms with Crippen molar-refractivity contribution in [3.8, 4) is 0 Å². The highest BCUT2D eigenvalue weighted by molar-refractivity contribution is 5.32. The van der Waals surface area contributed by atoms with Gasteiger partial charge in [0, 0.05) is 23.9 Å². The van der Waals surface area contributed by atoms with E-state index in [-0.39, 0.29) is 6.04 Å². The van der Waals surface area contributed by atoms with E-state index in [1.54, 1.807) is 0 Å². The van der Waals surface area contributed by atoms with Gasteiger partial charge in [0.25, 0.3) is 0 Å². The first kappa shape index (κ1) is 13.3. The quantitative estimate of drug-likeness (QED) is 0.918. The van der Waals surface area contributed by atoms with Crippen LogP contribution in [0.3, 0.4) is 0 Å². The summed E-state index contributed by atoms with van der Waals surface area (Å²) in [6.07, 6.45) is 6.46. The molecule has 2 N–H and O–H groups in total. The molecule has 0 bridgehead atoms. The molecule has 0 saturated carbocycles. The molecule has 2 nitrogen and oxygen atoms in total. The van der Waals surface area contributed by atoms with E-state index >= 15 is 0 Å². The summed E-state index contributed by atoms with van der Waals surface area (Å²) < 4.78 is 0. The molecule has 20 heavy (non-hydrogen) atoms. The molecule has 1 aromatic heterocycles. The molecule has 1 aromatic carbocycles. The number of rotatable bonds is 3. The third-order valence-corrected chi connectivity index (χ3v) is 4.44. The zero-order valence-corrected chi connectivity index (χ0v) is 12.0. The SMILES string of the molecule is CCc1ccc(C(N)C2CCCc3cccnc32)cc1. The summed E-state index contributed by atoms with van der Waals surface area (Å²) in [5.41, 5.74) is 11.7. The van der Waals surface area contributed by atoms with Crippen molar-refractivity contribution in [1.29, 1.82) is 0 Å². The summed E-state index contributed by atoms with van der Waals surface area (Å²) in [6.45, 7) is 2.18. The Balaban J connectivity index is 1.89. The van der Waals surface area contributed by atoms with Crippen molar-refractivity contribution in [1.82, 2.24) is 4.98 Å². The predicted molar refractivity (Wildman–Crippen MR) is 82.7 cm³/mol. The molecule has 2 heteroatoms. The highest BCUT2D eigenvalue weighted by Crippen LogP contribution is 2.37. The molecular weight excluding hydrogens is 244 g/mol. The first-order chi connectivity index (χ1) is 9.79. The third kappa shape index (κ3) is 2.48. The lowest BCUT2D eigenvalue weighted by molar-refractivity contribution is 0.463. The summed E-state index contributed by atoms with van der Waals surface area (Å²) >= 11 is 0. The zero-order valence-electron chi connectivity index (χ0n) is 12.0. The van der Waals surface area contributed by atoms with Crippen LogP contribution in [0.1, 0.15) is 54.1 Å². The molecule has 0 amide bonds. The summed E-state index contributed by atoms with van der Waals surface area (Å²) in [5, 5.41) is 0. The molecule has 1 heterocycles. The lowest BCUT2D eigenvalue weighted by Crippen LogP contribution is -2.24. The van der Waals surface area contributed by atoms with Crippen molar-refractivity contribution in [3.05, 3.63) is 65.0 Å². The maximum Gasteiger partial charge on any atom is 0.0485 e. The van der Waals surface area contributed by atoms with E-state index in [1.165, 1.54) is 28.8 Å². The average Bonchev–Trinajstić information content (AvgIpc) is 2.54. The van der Waals surface area contributed by atoms with Crippen molar-refractivity contribution in [3.63, 3.8) is 0 Å². The lowest BCUT2D eigenvalue weighted by Gasteiger charge is -2.29. The Hall–Kier alpha value is -1.67. The van der Waals surface area contributed by atoms with Crippen LogP contribution in [0.25, 0.3) is 0 Å². The van der Waals surface area contributed by atoms with Gasteiger partial charge in [-0.05, 0) is 48.4 Å². The minimum Gasteiger partial charge on any atom is -0.323 e. The van der Waals surface area contributed by atoms with Gasteiger partial charge in [0.05, 0.1) is 0 Å². The number of hydrogen-bond acceptors (Lipinski definition) is 2. The molecule has 104 valence electrons. The van der Waals surface area contributed by atoms with Crippen molar-refractivity contribution < 1.29 is 0 Å². The lowest BCUT2D eigenvalue weighted by atomic mass is 9.80.